The third-order valence-electron chi connectivity index (χ3n) is 8.08. The summed E-state index contributed by atoms with van der Waals surface area (Å²) < 4.78 is 0. The lowest BCUT2D eigenvalue weighted by Crippen LogP contribution is -2.19. The SMILES string of the molecule is Cc1ccc(C2=CC=C(N(C)C3=CC(c4cccc(/C=C/c5ccc6c(c5)CC6)c4)=CCC3)CC2)cc1. The Bertz CT molecular complexity index is 1470. The highest BCUT2D eigenvalue weighted by molar-refractivity contribution is 5.79. The topological polar surface area (TPSA) is 3.24 Å². The van der Waals surface area contributed by atoms with Crippen molar-refractivity contribution in [2.45, 2.75) is 45.4 Å². The van der Waals surface area contributed by atoms with Gasteiger partial charge in [-0.05, 0) is 108 Å². The summed E-state index contributed by atoms with van der Waals surface area (Å²) >= 11 is 0. The summed E-state index contributed by atoms with van der Waals surface area (Å²) in [6, 6.07) is 24.7. The molecular weight excluding hydrogens is 446 g/mol. The van der Waals surface area contributed by atoms with Gasteiger partial charge in [0.1, 0.15) is 0 Å². The van der Waals surface area contributed by atoms with E-state index >= 15 is 0 Å². The molecule has 0 saturated heterocycles. The zero-order valence-corrected chi connectivity index (χ0v) is 22.0. The molecule has 0 unspecified atom stereocenters. The van der Waals surface area contributed by atoms with Crippen LogP contribution in [0.1, 0.15) is 64.6 Å². The van der Waals surface area contributed by atoms with Crippen LogP contribution in [0.25, 0.3) is 23.3 Å². The molecule has 0 radical (unpaired) electrons. The van der Waals surface area contributed by atoms with Gasteiger partial charge < -0.3 is 4.90 Å². The van der Waals surface area contributed by atoms with E-state index < -0.39 is 0 Å². The minimum absolute atomic E-state index is 1.08. The quantitative estimate of drug-likeness (QED) is 0.317. The van der Waals surface area contributed by atoms with Crippen molar-refractivity contribution >= 4 is 23.3 Å². The van der Waals surface area contributed by atoms with Crippen molar-refractivity contribution in [1.29, 1.82) is 0 Å². The van der Waals surface area contributed by atoms with Crippen molar-refractivity contribution in [3.63, 3.8) is 0 Å². The Morgan fingerprint density at radius 1 is 0.676 bits per heavy atom. The lowest BCUT2D eigenvalue weighted by molar-refractivity contribution is 0.472. The van der Waals surface area contributed by atoms with Crippen molar-refractivity contribution < 1.29 is 0 Å². The van der Waals surface area contributed by atoms with Gasteiger partial charge in [0, 0.05) is 18.4 Å². The Kier molecular flexibility index (Phi) is 6.53. The van der Waals surface area contributed by atoms with Crippen molar-refractivity contribution in [1.82, 2.24) is 4.90 Å². The first-order valence-electron chi connectivity index (χ1n) is 13.6. The van der Waals surface area contributed by atoms with Crippen LogP contribution in [0.3, 0.4) is 0 Å². The molecule has 0 bridgehead atoms. The molecule has 0 spiro atoms. The molecule has 3 aromatic rings. The normalized spacial score (nSPS) is 16.8. The van der Waals surface area contributed by atoms with Gasteiger partial charge in [-0.15, -0.1) is 0 Å². The summed E-state index contributed by atoms with van der Waals surface area (Å²) in [7, 11) is 2.23. The molecule has 0 atom stereocenters. The molecule has 6 rings (SSSR count). The predicted octanol–water partition coefficient (Wildman–Crippen LogP) is 9.02. The molecular formula is C36H35N. The smallest absolute Gasteiger partial charge is 0.0183 e. The fourth-order valence-electron chi connectivity index (χ4n) is 5.58. The van der Waals surface area contributed by atoms with Crippen LogP contribution in [0.15, 0.2) is 102 Å². The van der Waals surface area contributed by atoms with E-state index in [0.717, 1.165) is 25.7 Å². The van der Waals surface area contributed by atoms with Crippen LogP contribution < -0.4 is 0 Å². The molecule has 0 aliphatic heterocycles. The second-order valence-electron chi connectivity index (χ2n) is 10.6. The number of benzene rings is 3. The average Bonchev–Trinajstić information content (AvgIpc) is 2.93. The standard InChI is InChI=1S/C36H35N/c1-26-9-14-29(15-10-26)30-19-21-35(22-20-30)37(2)36-8-4-7-33(25-36)32-6-3-5-27(23-32)11-12-28-13-16-31-17-18-34(31)24-28/h3,5-7,9-16,19,21,23-25H,4,8,17-18,20,22H2,1-2H3/b12-11+. The van der Waals surface area contributed by atoms with Gasteiger partial charge in [-0.25, -0.2) is 0 Å². The van der Waals surface area contributed by atoms with Crippen molar-refractivity contribution in [3.05, 3.63) is 141 Å². The van der Waals surface area contributed by atoms with Crippen LogP contribution in [0, 0.1) is 6.92 Å². The number of allylic oxidation sites excluding steroid dienone is 8. The van der Waals surface area contributed by atoms with Crippen molar-refractivity contribution in [2.24, 2.45) is 0 Å². The molecule has 1 heteroatoms. The minimum atomic E-state index is 1.08. The van der Waals surface area contributed by atoms with Crippen LogP contribution in [-0.2, 0) is 12.8 Å². The highest BCUT2D eigenvalue weighted by Gasteiger charge is 2.17. The first-order valence-corrected chi connectivity index (χ1v) is 13.6. The second-order valence-corrected chi connectivity index (χ2v) is 10.6. The predicted molar refractivity (Wildman–Crippen MR) is 159 cm³/mol. The molecule has 0 saturated carbocycles. The molecule has 3 aliphatic carbocycles. The van der Waals surface area contributed by atoms with Crippen LogP contribution in [0.4, 0.5) is 0 Å². The first-order chi connectivity index (χ1) is 18.1. The van der Waals surface area contributed by atoms with Gasteiger partial charge in [0.15, 0.2) is 0 Å². The van der Waals surface area contributed by atoms with Crippen LogP contribution >= 0.6 is 0 Å². The van der Waals surface area contributed by atoms with E-state index in [9.17, 15) is 0 Å². The zero-order valence-electron chi connectivity index (χ0n) is 22.0. The maximum absolute atomic E-state index is 2.42. The van der Waals surface area contributed by atoms with Gasteiger partial charge in [-0.3, -0.25) is 0 Å². The van der Waals surface area contributed by atoms with E-state index in [1.54, 1.807) is 0 Å². The fourth-order valence-corrected chi connectivity index (χ4v) is 5.58. The summed E-state index contributed by atoms with van der Waals surface area (Å²) in [4.78, 5) is 2.42. The third kappa shape index (κ3) is 5.18. The highest BCUT2D eigenvalue weighted by Crippen LogP contribution is 2.33. The summed E-state index contributed by atoms with van der Waals surface area (Å²) in [6.07, 6.45) is 20.7. The highest BCUT2D eigenvalue weighted by atomic mass is 15.1. The summed E-state index contributed by atoms with van der Waals surface area (Å²) in [5.74, 6) is 0. The van der Waals surface area contributed by atoms with Crippen LogP contribution in [0.2, 0.25) is 0 Å². The van der Waals surface area contributed by atoms with Crippen molar-refractivity contribution in [2.75, 3.05) is 7.05 Å². The maximum atomic E-state index is 2.42. The van der Waals surface area contributed by atoms with Crippen LogP contribution in [-0.4, -0.2) is 11.9 Å². The number of nitrogens with zero attached hydrogens (tertiary/aromatic N) is 1. The number of aryl methyl sites for hydroxylation is 3. The summed E-state index contributed by atoms with van der Waals surface area (Å²) in [6.45, 7) is 2.15. The average molecular weight is 482 g/mol. The van der Waals surface area contributed by atoms with Gasteiger partial charge >= 0.3 is 0 Å². The molecule has 0 aromatic heterocycles. The molecule has 0 amide bonds. The van der Waals surface area contributed by atoms with E-state index in [1.165, 1.54) is 74.3 Å². The van der Waals surface area contributed by atoms with E-state index in [1.807, 2.05) is 0 Å². The molecule has 1 nitrogen and oxygen atoms in total. The van der Waals surface area contributed by atoms with E-state index in [-0.39, 0.29) is 0 Å². The Hall–Kier alpha value is -3.84. The third-order valence-corrected chi connectivity index (χ3v) is 8.08. The van der Waals surface area contributed by atoms with Gasteiger partial charge in [0.2, 0.25) is 0 Å². The molecule has 0 N–H and O–H groups in total. The Labute approximate surface area is 221 Å². The number of hydrogen-bond donors (Lipinski definition) is 0. The van der Waals surface area contributed by atoms with Gasteiger partial charge in [-0.1, -0.05) is 90.5 Å². The monoisotopic (exact) mass is 481 g/mol. The van der Waals surface area contributed by atoms with Crippen LogP contribution in [0.5, 0.6) is 0 Å². The molecule has 184 valence electrons. The van der Waals surface area contributed by atoms with Gasteiger partial charge in [-0.2, -0.15) is 0 Å². The molecule has 3 aromatic carbocycles. The number of fused-ring (bicyclic) bond motifs is 1. The van der Waals surface area contributed by atoms with Gasteiger partial charge in [0.05, 0.1) is 0 Å². The molecule has 0 fully saturated rings. The molecule has 3 aliphatic rings. The fraction of sp³-hybridized carbons (Fsp3) is 0.222. The summed E-state index contributed by atoms with van der Waals surface area (Å²) in [5.41, 5.74) is 15.1. The Morgan fingerprint density at radius 3 is 2.22 bits per heavy atom. The first kappa shape index (κ1) is 23.6. The zero-order chi connectivity index (χ0) is 25.2. The largest absolute Gasteiger partial charge is 0.352 e. The summed E-state index contributed by atoms with van der Waals surface area (Å²) in [5, 5.41) is 0. The second kappa shape index (κ2) is 10.3. The Morgan fingerprint density at radius 2 is 1.49 bits per heavy atom. The maximum Gasteiger partial charge on any atom is 0.0183 e. The van der Waals surface area contributed by atoms with E-state index in [4.69, 9.17) is 0 Å². The Balaban J connectivity index is 1.17. The number of hydrogen-bond acceptors (Lipinski definition) is 1. The van der Waals surface area contributed by atoms with E-state index in [2.05, 4.69) is 122 Å². The van der Waals surface area contributed by atoms with E-state index in [0.29, 0.717) is 0 Å². The lowest BCUT2D eigenvalue weighted by Gasteiger charge is -2.29. The minimum Gasteiger partial charge on any atom is -0.352 e. The lowest BCUT2D eigenvalue weighted by atomic mass is 9.87. The van der Waals surface area contributed by atoms with Gasteiger partial charge in [0.25, 0.3) is 0 Å². The van der Waals surface area contributed by atoms with Crippen molar-refractivity contribution in [3.8, 4) is 0 Å². The number of rotatable bonds is 6. The molecule has 0 heterocycles. The molecule has 37 heavy (non-hydrogen) atoms.